The van der Waals surface area contributed by atoms with E-state index in [1.807, 2.05) is 18.2 Å². The van der Waals surface area contributed by atoms with Crippen LogP contribution in [0.2, 0.25) is 0 Å². The molecule has 6 nitrogen and oxygen atoms in total. The van der Waals surface area contributed by atoms with E-state index < -0.39 is 23.7 Å². The number of nitrogens with one attached hydrogen (secondary N) is 2. The molecule has 1 aromatic carbocycles. The molecule has 2 fully saturated rings. The van der Waals surface area contributed by atoms with Crippen LogP contribution in [0.5, 0.6) is 0 Å². The second-order valence-corrected chi connectivity index (χ2v) is 7.46. The maximum atomic E-state index is 12.2. The number of aliphatic carboxylic acids is 1. The number of benzene rings is 1. The lowest BCUT2D eigenvalue weighted by Crippen LogP contribution is -2.48. The summed E-state index contributed by atoms with van der Waals surface area (Å²) in [6, 6.07) is 10.0. The first-order chi connectivity index (χ1) is 12.5. The summed E-state index contributed by atoms with van der Waals surface area (Å²) in [4.78, 5) is 35.3. The van der Waals surface area contributed by atoms with Gasteiger partial charge in [-0.1, -0.05) is 36.8 Å². The molecule has 26 heavy (non-hydrogen) atoms. The van der Waals surface area contributed by atoms with Crippen molar-refractivity contribution in [1.82, 2.24) is 10.6 Å². The zero-order valence-corrected chi connectivity index (χ0v) is 14.8. The minimum Gasteiger partial charge on any atom is -0.481 e. The predicted octanol–water partition coefficient (Wildman–Crippen LogP) is 2.20. The van der Waals surface area contributed by atoms with Crippen LogP contribution in [-0.2, 0) is 14.4 Å². The molecule has 2 amide bonds. The first-order valence-electron chi connectivity index (χ1n) is 9.42. The number of amides is 2. The molecule has 0 radical (unpaired) electrons. The Hall–Kier alpha value is -2.37. The quantitative estimate of drug-likeness (QED) is 0.719. The highest BCUT2D eigenvalue weighted by Gasteiger charge is 2.32. The van der Waals surface area contributed by atoms with Crippen LogP contribution in [0, 0.1) is 5.92 Å². The zero-order chi connectivity index (χ0) is 18.5. The summed E-state index contributed by atoms with van der Waals surface area (Å²) in [5.74, 6) is -2.11. The minimum absolute atomic E-state index is 0.00236. The number of hydrogen-bond donors (Lipinski definition) is 3. The Kier molecular flexibility index (Phi) is 5.91. The van der Waals surface area contributed by atoms with E-state index in [1.54, 1.807) is 0 Å². The second-order valence-electron chi connectivity index (χ2n) is 7.46. The van der Waals surface area contributed by atoms with Gasteiger partial charge in [0.2, 0.25) is 0 Å². The van der Waals surface area contributed by atoms with Crippen molar-refractivity contribution in [2.75, 3.05) is 0 Å². The lowest BCUT2D eigenvalue weighted by atomic mass is 9.81. The molecule has 4 atom stereocenters. The van der Waals surface area contributed by atoms with Gasteiger partial charge in [0, 0.05) is 12.1 Å². The normalized spacial score (nSPS) is 28.3. The van der Waals surface area contributed by atoms with Gasteiger partial charge >= 0.3 is 17.8 Å². The number of carboxylic acids is 1. The maximum absolute atomic E-state index is 12.2. The fraction of sp³-hybridized carbons (Fsp3) is 0.550. The predicted molar refractivity (Wildman–Crippen MR) is 96.5 cm³/mol. The SMILES string of the molecule is O=C(NC1CCCC(c2ccccc2)C1)C(=O)N[C@H]1CC[C@@H](C(=O)O)C1. The van der Waals surface area contributed by atoms with Crippen molar-refractivity contribution in [3.63, 3.8) is 0 Å². The summed E-state index contributed by atoms with van der Waals surface area (Å²) in [5, 5.41) is 14.6. The van der Waals surface area contributed by atoms with Crippen molar-refractivity contribution in [3.8, 4) is 0 Å². The third kappa shape index (κ3) is 4.62. The summed E-state index contributed by atoms with van der Waals surface area (Å²) in [6.07, 6.45) is 5.39. The van der Waals surface area contributed by atoms with Crippen LogP contribution >= 0.6 is 0 Å². The Morgan fingerprint density at radius 2 is 1.50 bits per heavy atom. The number of carbonyl (C=O) groups is 3. The van der Waals surface area contributed by atoms with Gasteiger partial charge in [-0.2, -0.15) is 0 Å². The van der Waals surface area contributed by atoms with E-state index >= 15 is 0 Å². The van der Waals surface area contributed by atoms with Crippen LogP contribution in [0.3, 0.4) is 0 Å². The van der Waals surface area contributed by atoms with Gasteiger partial charge in [0.05, 0.1) is 5.92 Å². The highest BCUT2D eigenvalue weighted by atomic mass is 16.4. The van der Waals surface area contributed by atoms with Crippen LogP contribution in [0.1, 0.15) is 56.4 Å². The summed E-state index contributed by atoms with van der Waals surface area (Å²) >= 11 is 0. The topological polar surface area (TPSA) is 95.5 Å². The first kappa shape index (κ1) is 18.4. The van der Waals surface area contributed by atoms with Gasteiger partial charge in [-0.15, -0.1) is 0 Å². The molecular weight excluding hydrogens is 332 g/mol. The van der Waals surface area contributed by atoms with Crippen molar-refractivity contribution in [1.29, 1.82) is 0 Å². The van der Waals surface area contributed by atoms with Crippen molar-refractivity contribution < 1.29 is 19.5 Å². The number of hydrogen-bond acceptors (Lipinski definition) is 3. The Balaban J connectivity index is 1.48. The van der Waals surface area contributed by atoms with E-state index in [0.29, 0.717) is 25.2 Å². The third-order valence-electron chi connectivity index (χ3n) is 5.60. The number of carbonyl (C=O) groups excluding carboxylic acids is 2. The number of carboxylic acid groups (broad SMARTS) is 1. The van der Waals surface area contributed by atoms with E-state index in [1.165, 1.54) is 5.56 Å². The van der Waals surface area contributed by atoms with Crippen LogP contribution < -0.4 is 10.6 Å². The number of rotatable bonds is 4. The van der Waals surface area contributed by atoms with Crippen LogP contribution in [0.15, 0.2) is 30.3 Å². The first-order valence-corrected chi connectivity index (χ1v) is 9.42. The minimum atomic E-state index is -0.833. The third-order valence-corrected chi connectivity index (χ3v) is 5.60. The average molecular weight is 358 g/mol. The fourth-order valence-electron chi connectivity index (χ4n) is 4.19. The molecule has 0 bridgehead atoms. The molecule has 0 aromatic heterocycles. The van der Waals surface area contributed by atoms with Gasteiger partial charge in [-0.05, 0) is 50.0 Å². The van der Waals surface area contributed by atoms with Crippen LogP contribution in [0.4, 0.5) is 0 Å². The maximum Gasteiger partial charge on any atom is 0.309 e. The molecule has 2 aliphatic carbocycles. The molecule has 0 saturated heterocycles. The molecule has 3 rings (SSSR count). The lowest BCUT2D eigenvalue weighted by Gasteiger charge is -2.30. The van der Waals surface area contributed by atoms with Crippen molar-refractivity contribution >= 4 is 17.8 Å². The summed E-state index contributed by atoms with van der Waals surface area (Å²) in [7, 11) is 0. The monoisotopic (exact) mass is 358 g/mol. The van der Waals surface area contributed by atoms with E-state index in [9.17, 15) is 14.4 Å². The molecule has 1 aromatic rings. The van der Waals surface area contributed by atoms with Gasteiger partial charge in [0.1, 0.15) is 0 Å². The van der Waals surface area contributed by atoms with Gasteiger partial charge in [-0.25, -0.2) is 0 Å². The Morgan fingerprint density at radius 3 is 2.12 bits per heavy atom. The summed E-state index contributed by atoms with van der Waals surface area (Å²) < 4.78 is 0. The fourth-order valence-corrected chi connectivity index (χ4v) is 4.19. The van der Waals surface area contributed by atoms with Crippen molar-refractivity contribution in [2.24, 2.45) is 5.92 Å². The van der Waals surface area contributed by atoms with E-state index in [4.69, 9.17) is 5.11 Å². The van der Waals surface area contributed by atoms with Crippen LogP contribution in [0.25, 0.3) is 0 Å². The van der Waals surface area contributed by atoms with Crippen LogP contribution in [-0.4, -0.2) is 35.0 Å². The molecule has 0 spiro atoms. The molecule has 6 heteroatoms. The summed E-state index contributed by atoms with van der Waals surface area (Å²) in [6.45, 7) is 0. The standard InChI is InChI=1S/C20H26N2O4/c23-18(19(24)22-17-10-9-15(12-17)20(25)26)21-16-8-4-7-14(11-16)13-5-2-1-3-6-13/h1-3,5-6,14-17H,4,7-12H2,(H,21,23)(H,22,24)(H,25,26)/t14?,15-,16?,17+/m1/s1. The lowest BCUT2D eigenvalue weighted by molar-refractivity contribution is -0.141. The van der Waals surface area contributed by atoms with Gasteiger partial charge in [0.15, 0.2) is 0 Å². The molecule has 3 N–H and O–H groups in total. The smallest absolute Gasteiger partial charge is 0.309 e. The van der Waals surface area contributed by atoms with E-state index in [2.05, 4.69) is 22.8 Å². The molecule has 2 saturated carbocycles. The average Bonchev–Trinajstić information content (AvgIpc) is 3.11. The molecule has 0 heterocycles. The zero-order valence-electron chi connectivity index (χ0n) is 14.8. The molecule has 2 unspecified atom stereocenters. The second kappa shape index (κ2) is 8.34. The molecule has 0 aliphatic heterocycles. The molecule has 2 aliphatic rings. The van der Waals surface area contributed by atoms with Gasteiger partial charge in [-0.3, -0.25) is 14.4 Å². The van der Waals surface area contributed by atoms with Gasteiger partial charge in [0.25, 0.3) is 0 Å². The van der Waals surface area contributed by atoms with E-state index in [-0.39, 0.29) is 12.1 Å². The Labute approximate surface area is 153 Å². The van der Waals surface area contributed by atoms with Gasteiger partial charge < -0.3 is 15.7 Å². The molecular formula is C20H26N2O4. The Bertz CT molecular complexity index is 661. The molecule has 140 valence electrons. The van der Waals surface area contributed by atoms with E-state index in [0.717, 1.165) is 25.7 Å². The summed E-state index contributed by atoms with van der Waals surface area (Å²) in [5.41, 5.74) is 1.28. The van der Waals surface area contributed by atoms with Crippen molar-refractivity contribution in [3.05, 3.63) is 35.9 Å². The van der Waals surface area contributed by atoms with Crippen molar-refractivity contribution in [2.45, 2.75) is 62.9 Å². The largest absolute Gasteiger partial charge is 0.481 e. The Morgan fingerprint density at radius 1 is 0.846 bits per heavy atom. The highest BCUT2D eigenvalue weighted by Crippen LogP contribution is 2.32. The highest BCUT2D eigenvalue weighted by molar-refractivity contribution is 6.35.